The highest BCUT2D eigenvalue weighted by atomic mass is 16.5. The van der Waals surface area contributed by atoms with Crippen molar-refractivity contribution in [1.29, 1.82) is 0 Å². The number of para-hydroxylation sites is 1. The maximum absolute atomic E-state index is 12.1. The molecule has 0 saturated carbocycles. The zero-order valence-corrected chi connectivity index (χ0v) is 12.4. The topological polar surface area (TPSA) is 64.8 Å². The van der Waals surface area contributed by atoms with Gasteiger partial charge in [0.05, 0.1) is 6.61 Å². The van der Waals surface area contributed by atoms with Gasteiger partial charge in [0, 0.05) is 19.1 Å². The van der Waals surface area contributed by atoms with Gasteiger partial charge in [-0.2, -0.15) is 0 Å². The van der Waals surface area contributed by atoms with Crippen LogP contribution in [0.2, 0.25) is 0 Å². The van der Waals surface area contributed by atoms with Gasteiger partial charge in [0.25, 0.3) is 0 Å². The summed E-state index contributed by atoms with van der Waals surface area (Å²) in [7, 11) is 0. The largest absolute Gasteiger partial charge is 0.491 e. The Balaban J connectivity index is 1.62. The van der Waals surface area contributed by atoms with Crippen molar-refractivity contribution in [2.24, 2.45) is 5.73 Å². The summed E-state index contributed by atoms with van der Waals surface area (Å²) in [5.74, 6) is 0.844. The summed E-state index contributed by atoms with van der Waals surface area (Å²) in [6.45, 7) is 2.28. The lowest BCUT2D eigenvalue weighted by Crippen LogP contribution is -2.48. The molecule has 0 aliphatic carbocycles. The van der Waals surface area contributed by atoms with Crippen LogP contribution in [0.3, 0.4) is 0 Å². The van der Waals surface area contributed by atoms with Crippen LogP contribution in [-0.4, -0.2) is 49.8 Å². The number of amides is 1. The van der Waals surface area contributed by atoms with Crippen molar-refractivity contribution in [3.8, 4) is 5.75 Å². The number of nitrogens with zero attached hydrogens (tertiary/aromatic N) is 1. The van der Waals surface area contributed by atoms with E-state index in [0.717, 1.165) is 31.6 Å². The van der Waals surface area contributed by atoms with E-state index in [0.29, 0.717) is 19.8 Å². The minimum Gasteiger partial charge on any atom is -0.491 e. The first-order valence-electron chi connectivity index (χ1n) is 7.56. The SMILES string of the molecule is NCC1CCCCN1C(=O)COCCOc1ccccc1. The minimum atomic E-state index is 0.0323. The van der Waals surface area contributed by atoms with E-state index in [1.54, 1.807) is 0 Å². The third-order valence-electron chi connectivity index (χ3n) is 3.68. The Morgan fingerprint density at radius 1 is 1.24 bits per heavy atom. The number of nitrogens with two attached hydrogens (primary N) is 1. The number of carbonyl (C=O) groups is 1. The Morgan fingerprint density at radius 3 is 2.81 bits per heavy atom. The molecule has 5 heteroatoms. The lowest BCUT2D eigenvalue weighted by atomic mass is 10.0. The second kappa shape index (κ2) is 8.64. The van der Waals surface area contributed by atoms with Gasteiger partial charge in [0.1, 0.15) is 19.0 Å². The highest BCUT2D eigenvalue weighted by molar-refractivity contribution is 5.77. The fraction of sp³-hybridized carbons (Fsp3) is 0.562. The predicted octanol–water partition coefficient (Wildman–Crippen LogP) is 1.42. The first kappa shape index (κ1) is 15.8. The third-order valence-corrected chi connectivity index (χ3v) is 3.68. The number of rotatable bonds is 7. The van der Waals surface area contributed by atoms with E-state index in [1.165, 1.54) is 0 Å². The molecule has 1 unspecified atom stereocenters. The van der Waals surface area contributed by atoms with Crippen LogP contribution in [0.5, 0.6) is 5.75 Å². The Hall–Kier alpha value is -1.59. The summed E-state index contributed by atoms with van der Waals surface area (Å²) >= 11 is 0. The zero-order valence-electron chi connectivity index (χ0n) is 12.4. The molecule has 21 heavy (non-hydrogen) atoms. The van der Waals surface area contributed by atoms with E-state index >= 15 is 0 Å². The Morgan fingerprint density at radius 2 is 2.05 bits per heavy atom. The molecule has 116 valence electrons. The molecule has 5 nitrogen and oxygen atoms in total. The number of piperidine rings is 1. The standard InChI is InChI=1S/C16H24N2O3/c17-12-14-6-4-5-9-18(14)16(19)13-20-10-11-21-15-7-2-1-3-8-15/h1-3,7-8,14H,4-6,9-13,17H2. The number of hydrogen-bond acceptors (Lipinski definition) is 4. The normalized spacial score (nSPS) is 18.5. The van der Waals surface area contributed by atoms with Crippen LogP contribution in [0.4, 0.5) is 0 Å². The summed E-state index contributed by atoms with van der Waals surface area (Å²) in [4.78, 5) is 14.0. The minimum absolute atomic E-state index is 0.0323. The van der Waals surface area contributed by atoms with Crippen molar-refractivity contribution in [3.05, 3.63) is 30.3 Å². The highest BCUT2D eigenvalue weighted by Gasteiger charge is 2.25. The fourth-order valence-corrected chi connectivity index (χ4v) is 2.55. The molecule has 1 atom stereocenters. The van der Waals surface area contributed by atoms with Crippen molar-refractivity contribution < 1.29 is 14.3 Å². The summed E-state index contributed by atoms with van der Waals surface area (Å²) in [6, 6.07) is 9.74. The van der Waals surface area contributed by atoms with Gasteiger partial charge in [-0.15, -0.1) is 0 Å². The van der Waals surface area contributed by atoms with Crippen molar-refractivity contribution in [1.82, 2.24) is 4.90 Å². The Kier molecular flexibility index (Phi) is 6.50. The second-order valence-corrected chi connectivity index (χ2v) is 5.19. The average Bonchev–Trinajstić information content (AvgIpc) is 2.55. The average molecular weight is 292 g/mol. The smallest absolute Gasteiger partial charge is 0.248 e. The molecule has 1 aromatic carbocycles. The number of likely N-dealkylation sites (tertiary alicyclic amines) is 1. The predicted molar refractivity (Wildman–Crippen MR) is 81.2 cm³/mol. The van der Waals surface area contributed by atoms with Crippen LogP contribution in [0.15, 0.2) is 30.3 Å². The monoisotopic (exact) mass is 292 g/mol. The molecule has 1 fully saturated rings. The van der Waals surface area contributed by atoms with E-state index in [2.05, 4.69) is 0 Å². The molecule has 1 aromatic rings. The lowest BCUT2D eigenvalue weighted by Gasteiger charge is -2.35. The van der Waals surface area contributed by atoms with Gasteiger partial charge in [0.2, 0.25) is 5.91 Å². The Bertz CT molecular complexity index is 425. The molecule has 1 aliphatic rings. The van der Waals surface area contributed by atoms with Crippen LogP contribution < -0.4 is 10.5 Å². The molecule has 0 spiro atoms. The lowest BCUT2D eigenvalue weighted by molar-refractivity contribution is -0.139. The summed E-state index contributed by atoms with van der Waals surface area (Å²) < 4.78 is 10.9. The van der Waals surface area contributed by atoms with E-state index in [1.807, 2.05) is 35.2 Å². The molecule has 1 amide bonds. The van der Waals surface area contributed by atoms with Crippen LogP contribution in [0.25, 0.3) is 0 Å². The molecule has 0 aromatic heterocycles. The Labute approximate surface area is 126 Å². The number of benzene rings is 1. The molecule has 0 radical (unpaired) electrons. The molecule has 1 heterocycles. The van der Waals surface area contributed by atoms with Gasteiger partial charge in [-0.05, 0) is 31.4 Å². The van der Waals surface area contributed by atoms with Gasteiger partial charge >= 0.3 is 0 Å². The van der Waals surface area contributed by atoms with Crippen LogP contribution in [0, 0.1) is 0 Å². The molecule has 1 saturated heterocycles. The van der Waals surface area contributed by atoms with Crippen molar-refractivity contribution in [3.63, 3.8) is 0 Å². The summed E-state index contributed by atoms with van der Waals surface area (Å²) in [5.41, 5.74) is 5.72. The van der Waals surface area contributed by atoms with Gasteiger partial charge in [-0.3, -0.25) is 4.79 Å². The molecular formula is C16H24N2O3. The van der Waals surface area contributed by atoms with E-state index in [-0.39, 0.29) is 18.6 Å². The van der Waals surface area contributed by atoms with E-state index in [9.17, 15) is 4.79 Å². The molecule has 2 N–H and O–H groups in total. The zero-order chi connectivity index (χ0) is 14.9. The fourth-order valence-electron chi connectivity index (χ4n) is 2.55. The molecule has 1 aliphatic heterocycles. The van der Waals surface area contributed by atoms with Crippen molar-refractivity contribution >= 4 is 5.91 Å². The highest BCUT2D eigenvalue weighted by Crippen LogP contribution is 2.16. The number of carbonyl (C=O) groups excluding carboxylic acids is 1. The maximum atomic E-state index is 12.1. The second-order valence-electron chi connectivity index (χ2n) is 5.19. The van der Waals surface area contributed by atoms with Crippen LogP contribution in [0.1, 0.15) is 19.3 Å². The maximum Gasteiger partial charge on any atom is 0.248 e. The van der Waals surface area contributed by atoms with Gasteiger partial charge in [-0.25, -0.2) is 0 Å². The van der Waals surface area contributed by atoms with E-state index in [4.69, 9.17) is 15.2 Å². The third kappa shape index (κ3) is 5.02. The van der Waals surface area contributed by atoms with Crippen LogP contribution >= 0.6 is 0 Å². The van der Waals surface area contributed by atoms with Crippen LogP contribution in [-0.2, 0) is 9.53 Å². The van der Waals surface area contributed by atoms with Gasteiger partial charge < -0.3 is 20.1 Å². The quantitative estimate of drug-likeness (QED) is 0.772. The number of ether oxygens (including phenoxy) is 2. The van der Waals surface area contributed by atoms with Gasteiger partial charge in [-0.1, -0.05) is 18.2 Å². The summed E-state index contributed by atoms with van der Waals surface area (Å²) in [6.07, 6.45) is 3.20. The van der Waals surface area contributed by atoms with Gasteiger partial charge in [0.15, 0.2) is 0 Å². The molecular weight excluding hydrogens is 268 g/mol. The summed E-state index contributed by atoms with van der Waals surface area (Å²) in [5, 5.41) is 0. The van der Waals surface area contributed by atoms with Crippen molar-refractivity contribution in [2.75, 3.05) is 32.9 Å². The molecule has 2 rings (SSSR count). The first-order valence-corrected chi connectivity index (χ1v) is 7.56. The first-order chi connectivity index (χ1) is 10.3. The number of hydrogen-bond donors (Lipinski definition) is 1. The van der Waals surface area contributed by atoms with Crippen molar-refractivity contribution in [2.45, 2.75) is 25.3 Å². The van der Waals surface area contributed by atoms with E-state index < -0.39 is 0 Å². The molecule has 0 bridgehead atoms.